The fraction of sp³-hybridized carbons (Fsp3) is 0.833. The average molecular weight is 113 g/mol. The maximum Gasteiger partial charge on any atom is 0.123 e. The lowest BCUT2D eigenvalue weighted by atomic mass is 10.1. The number of carbonyl (C=O) groups excluding carboxylic acids is 1. The van der Waals surface area contributed by atoms with Crippen molar-refractivity contribution in [1.82, 2.24) is 0 Å². The van der Waals surface area contributed by atoms with E-state index in [1.165, 1.54) is 0 Å². The first-order valence-electron chi connectivity index (χ1n) is 3.04. The molecule has 0 unspecified atom stereocenters. The van der Waals surface area contributed by atoms with Gasteiger partial charge in [0.05, 0.1) is 0 Å². The van der Waals surface area contributed by atoms with E-state index in [4.69, 9.17) is 5.73 Å². The van der Waals surface area contributed by atoms with Crippen LogP contribution < -0.4 is 5.73 Å². The standard InChI is InChI=1S/C6H11NO/c7-6-2-1-5(3-6)4-8/h4-6H,1-3,7H2/t5-,6-/m0/s1. The number of nitrogens with two attached hydrogens (primary N) is 1. The first-order chi connectivity index (χ1) is 3.83. The van der Waals surface area contributed by atoms with Crippen LogP contribution in [0, 0.1) is 5.92 Å². The van der Waals surface area contributed by atoms with Crippen LogP contribution in [0.25, 0.3) is 0 Å². The lowest BCUT2D eigenvalue weighted by Crippen LogP contribution is -2.14. The van der Waals surface area contributed by atoms with Gasteiger partial charge in [-0.2, -0.15) is 0 Å². The maximum atomic E-state index is 10.1. The maximum absolute atomic E-state index is 10.1. The number of rotatable bonds is 1. The van der Waals surface area contributed by atoms with Gasteiger partial charge in [-0.3, -0.25) is 0 Å². The molecule has 1 fully saturated rings. The lowest BCUT2D eigenvalue weighted by molar-refractivity contribution is -0.110. The second-order valence-corrected chi connectivity index (χ2v) is 2.47. The van der Waals surface area contributed by atoms with Crippen molar-refractivity contribution in [3.8, 4) is 0 Å². The van der Waals surface area contributed by atoms with Gasteiger partial charge in [-0.1, -0.05) is 0 Å². The van der Waals surface area contributed by atoms with E-state index in [0.717, 1.165) is 25.5 Å². The minimum absolute atomic E-state index is 0.269. The van der Waals surface area contributed by atoms with E-state index in [9.17, 15) is 4.79 Å². The van der Waals surface area contributed by atoms with Crippen LogP contribution in [0.1, 0.15) is 19.3 Å². The molecule has 1 aliphatic rings. The average Bonchev–Trinajstić information content (AvgIpc) is 2.14. The molecule has 2 nitrogen and oxygen atoms in total. The second kappa shape index (κ2) is 2.27. The summed E-state index contributed by atoms with van der Waals surface area (Å²) >= 11 is 0. The summed E-state index contributed by atoms with van der Waals surface area (Å²) < 4.78 is 0. The summed E-state index contributed by atoms with van der Waals surface area (Å²) in [6.07, 6.45) is 3.96. The van der Waals surface area contributed by atoms with Gasteiger partial charge in [-0.05, 0) is 19.3 Å². The highest BCUT2D eigenvalue weighted by atomic mass is 16.1. The summed E-state index contributed by atoms with van der Waals surface area (Å²) in [5.41, 5.74) is 5.54. The molecule has 0 bridgehead atoms. The Hall–Kier alpha value is -0.370. The molecular formula is C6H11NO. The molecule has 2 atom stereocenters. The van der Waals surface area contributed by atoms with Crippen molar-refractivity contribution in [2.45, 2.75) is 25.3 Å². The van der Waals surface area contributed by atoms with Crippen molar-refractivity contribution in [3.05, 3.63) is 0 Å². The molecule has 0 aromatic carbocycles. The topological polar surface area (TPSA) is 43.1 Å². The molecule has 0 aromatic rings. The van der Waals surface area contributed by atoms with Crippen LogP contribution in [0.15, 0.2) is 0 Å². The lowest BCUT2D eigenvalue weighted by Gasteiger charge is -1.96. The fourth-order valence-electron chi connectivity index (χ4n) is 1.18. The Morgan fingerprint density at radius 2 is 2.25 bits per heavy atom. The third-order valence-electron chi connectivity index (χ3n) is 1.71. The molecule has 0 radical (unpaired) electrons. The van der Waals surface area contributed by atoms with Gasteiger partial charge < -0.3 is 10.5 Å². The van der Waals surface area contributed by atoms with Gasteiger partial charge in [0.15, 0.2) is 0 Å². The SMILES string of the molecule is N[C@H]1CC[C@H](C=O)C1. The van der Waals surface area contributed by atoms with Crippen LogP contribution in [-0.2, 0) is 4.79 Å². The molecule has 8 heavy (non-hydrogen) atoms. The van der Waals surface area contributed by atoms with Crippen LogP contribution in [0.3, 0.4) is 0 Å². The number of hydrogen-bond acceptors (Lipinski definition) is 2. The van der Waals surface area contributed by atoms with Crippen LogP contribution in [0.2, 0.25) is 0 Å². The summed E-state index contributed by atoms with van der Waals surface area (Å²) in [5, 5.41) is 0. The summed E-state index contributed by atoms with van der Waals surface area (Å²) in [7, 11) is 0. The zero-order chi connectivity index (χ0) is 5.98. The third kappa shape index (κ3) is 1.07. The number of carbonyl (C=O) groups is 1. The van der Waals surface area contributed by atoms with E-state index in [1.54, 1.807) is 0 Å². The van der Waals surface area contributed by atoms with Crippen LogP contribution in [-0.4, -0.2) is 12.3 Å². The first-order valence-corrected chi connectivity index (χ1v) is 3.04. The van der Waals surface area contributed by atoms with Crippen molar-refractivity contribution in [2.24, 2.45) is 11.7 Å². The van der Waals surface area contributed by atoms with Crippen molar-refractivity contribution >= 4 is 6.29 Å². The fourth-order valence-corrected chi connectivity index (χ4v) is 1.18. The van der Waals surface area contributed by atoms with Gasteiger partial charge in [-0.15, -0.1) is 0 Å². The predicted molar refractivity (Wildman–Crippen MR) is 31.4 cm³/mol. The van der Waals surface area contributed by atoms with Crippen LogP contribution in [0.5, 0.6) is 0 Å². The van der Waals surface area contributed by atoms with Gasteiger partial charge in [0, 0.05) is 12.0 Å². The monoisotopic (exact) mass is 113 g/mol. The molecule has 0 heterocycles. The van der Waals surface area contributed by atoms with E-state index >= 15 is 0 Å². The Morgan fingerprint density at radius 3 is 2.50 bits per heavy atom. The molecule has 0 aromatic heterocycles. The molecular weight excluding hydrogens is 102 g/mol. The Balaban J connectivity index is 2.32. The van der Waals surface area contributed by atoms with E-state index in [0.29, 0.717) is 6.04 Å². The minimum atomic E-state index is 0.269. The quantitative estimate of drug-likeness (QED) is 0.497. The molecule has 46 valence electrons. The zero-order valence-electron chi connectivity index (χ0n) is 4.84. The molecule has 0 amide bonds. The smallest absolute Gasteiger partial charge is 0.123 e. The highest BCUT2D eigenvalue weighted by Crippen LogP contribution is 2.21. The molecule has 2 N–H and O–H groups in total. The summed E-state index contributed by atoms with van der Waals surface area (Å²) in [6.45, 7) is 0. The highest BCUT2D eigenvalue weighted by Gasteiger charge is 2.20. The third-order valence-corrected chi connectivity index (χ3v) is 1.71. The molecule has 0 saturated heterocycles. The van der Waals surface area contributed by atoms with Crippen LogP contribution in [0.4, 0.5) is 0 Å². The van der Waals surface area contributed by atoms with Gasteiger partial charge >= 0.3 is 0 Å². The molecule has 0 aliphatic heterocycles. The van der Waals surface area contributed by atoms with Crippen molar-refractivity contribution in [1.29, 1.82) is 0 Å². The van der Waals surface area contributed by atoms with Crippen molar-refractivity contribution in [3.63, 3.8) is 0 Å². The largest absolute Gasteiger partial charge is 0.328 e. The van der Waals surface area contributed by atoms with E-state index < -0.39 is 0 Å². The number of hydrogen-bond donors (Lipinski definition) is 1. The van der Waals surface area contributed by atoms with Gasteiger partial charge in [0.2, 0.25) is 0 Å². The summed E-state index contributed by atoms with van der Waals surface area (Å²) in [4.78, 5) is 10.1. The van der Waals surface area contributed by atoms with Gasteiger partial charge in [0.25, 0.3) is 0 Å². The van der Waals surface area contributed by atoms with Gasteiger partial charge in [-0.25, -0.2) is 0 Å². The molecule has 2 heteroatoms. The minimum Gasteiger partial charge on any atom is -0.328 e. The molecule has 0 spiro atoms. The van der Waals surface area contributed by atoms with Crippen molar-refractivity contribution < 1.29 is 4.79 Å². The molecule has 1 rings (SSSR count). The Morgan fingerprint density at radius 1 is 1.50 bits per heavy atom. The van der Waals surface area contributed by atoms with Crippen LogP contribution >= 0.6 is 0 Å². The van der Waals surface area contributed by atoms with Crippen molar-refractivity contribution in [2.75, 3.05) is 0 Å². The number of aldehydes is 1. The zero-order valence-corrected chi connectivity index (χ0v) is 4.84. The second-order valence-electron chi connectivity index (χ2n) is 2.47. The highest BCUT2D eigenvalue weighted by molar-refractivity contribution is 5.54. The Kier molecular flexibility index (Phi) is 1.63. The normalized spacial score (nSPS) is 37.6. The summed E-state index contributed by atoms with van der Waals surface area (Å²) in [5.74, 6) is 0.269. The van der Waals surface area contributed by atoms with Gasteiger partial charge in [0.1, 0.15) is 6.29 Å². The van der Waals surface area contributed by atoms with E-state index in [2.05, 4.69) is 0 Å². The Bertz CT molecular complexity index is 92.5. The molecule has 1 saturated carbocycles. The van der Waals surface area contributed by atoms with E-state index in [1.807, 2.05) is 0 Å². The first kappa shape index (κ1) is 5.76. The Labute approximate surface area is 49.1 Å². The van der Waals surface area contributed by atoms with E-state index in [-0.39, 0.29) is 5.92 Å². The summed E-state index contributed by atoms with van der Waals surface area (Å²) in [6, 6.07) is 0.296. The predicted octanol–water partition coefficient (Wildman–Crippen LogP) is 0.313. The molecule has 1 aliphatic carbocycles.